The lowest BCUT2D eigenvalue weighted by atomic mass is 9.76. The molecule has 0 spiro atoms. The molecule has 0 aliphatic heterocycles. The molecule has 2 N–H and O–H groups in total. The van der Waals surface area contributed by atoms with Crippen molar-refractivity contribution in [2.24, 2.45) is 10.6 Å². The lowest BCUT2D eigenvalue weighted by Crippen LogP contribution is -2.43. The first-order chi connectivity index (χ1) is 15.4. The van der Waals surface area contributed by atoms with Gasteiger partial charge < -0.3 is 0 Å². The van der Waals surface area contributed by atoms with E-state index in [1.807, 2.05) is 0 Å². The van der Waals surface area contributed by atoms with Crippen molar-refractivity contribution in [3.8, 4) is 11.8 Å². The standard InChI is InChI=1S/C20H13F5N4O2S2/c21-18(22)19(20(23,24)25)7-6-12(2-3-13-4-5-15(32-13)33(26,30)31)14(10-19)16-17-27-8-1-9-29(17)11-28-16/h1,4-6,8-11,18H,7H2,(H2,26,30,31). The number of halogens is 5. The number of primary sulfonamides is 1. The van der Waals surface area contributed by atoms with Crippen LogP contribution in [-0.4, -0.2) is 35.4 Å². The molecule has 1 atom stereocenters. The lowest BCUT2D eigenvalue weighted by Gasteiger charge is -2.34. The Morgan fingerprint density at radius 1 is 1.21 bits per heavy atom. The molecular formula is C20H13F5N4O2S2. The normalized spacial score (nSPS) is 19.2. The van der Waals surface area contributed by atoms with E-state index in [9.17, 15) is 30.4 Å². The summed E-state index contributed by atoms with van der Waals surface area (Å²) in [5.74, 6) is 5.32. The van der Waals surface area contributed by atoms with Crippen LogP contribution in [0.4, 0.5) is 22.0 Å². The van der Waals surface area contributed by atoms with E-state index in [4.69, 9.17) is 5.14 Å². The van der Waals surface area contributed by atoms with Crippen LogP contribution >= 0.6 is 11.3 Å². The minimum absolute atomic E-state index is 0.0346. The summed E-state index contributed by atoms with van der Waals surface area (Å²) in [6.07, 6.45) is -4.28. The van der Waals surface area contributed by atoms with E-state index >= 15 is 0 Å². The molecule has 0 saturated heterocycles. The SMILES string of the molecule is NS(=O)(=O)c1ccc(C#CC2=CCC(C(F)F)(C(F)(F)F)C=C2c2ncn3cccnc23)s1. The van der Waals surface area contributed by atoms with Crippen molar-refractivity contribution >= 4 is 32.6 Å². The third-order valence-corrected chi connectivity index (χ3v) is 7.43. The van der Waals surface area contributed by atoms with Crippen LogP contribution in [0, 0.1) is 17.3 Å². The summed E-state index contributed by atoms with van der Waals surface area (Å²) in [6, 6.07) is 4.20. The van der Waals surface area contributed by atoms with Crippen molar-refractivity contribution in [1.82, 2.24) is 14.4 Å². The van der Waals surface area contributed by atoms with Crippen LogP contribution in [0.5, 0.6) is 0 Å². The number of hydrogen-bond donors (Lipinski definition) is 1. The van der Waals surface area contributed by atoms with Crippen molar-refractivity contribution in [3.05, 3.63) is 65.2 Å². The van der Waals surface area contributed by atoms with Gasteiger partial charge in [-0.2, -0.15) is 13.2 Å². The van der Waals surface area contributed by atoms with Gasteiger partial charge in [-0.25, -0.2) is 32.3 Å². The second kappa shape index (κ2) is 8.05. The maximum absolute atomic E-state index is 13.8. The smallest absolute Gasteiger partial charge is 0.290 e. The highest BCUT2D eigenvalue weighted by Gasteiger charge is 2.60. The topological polar surface area (TPSA) is 90.4 Å². The number of fused-ring (bicyclic) bond motifs is 1. The van der Waals surface area contributed by atoms with Gasteiger partial charge in [0.15, 0.2) is 5.65 Å². The molecule has 3 heterocycles. The van der Waals surface area contributed by atoms with Gasteiger partial charge in [0.05, 0.1) is 4.88 Å². The van der Waals surface area contributed by atoms with E-state index in [2.05, 4.69) is 21.8 Å². The number of imidazole rings is 1. The number of rotatable bonds is 3. The van der Waals surface area contributed by atoms with Crippen LogP contribution in [0.25, 0.3) is 11.2 Å². The monoisotopic (exact) mass is 500 g/mol. The molecular weight excluding hydrogens is 487 g/mol. The molecule has 0 fully saturated rings. The summed E-state index contributed by atoms with van der Waals surface area (Å²) in [5.41, 5.74) is -3.50. The van der Waals surface area contributed by atoms with Gasteiger partial charge in [-0.1, -0.05) is 24.0 Å². The summed E-state index contributed by atoms with van der Waals surface area (Å²) in [7, 11) is -3.94. The van der Waals surface area contributed by atoms with Crippen LogP contribution in [0.3, 0.4) is 0 Å². The van der Waals surface area contributed by atoms with E-state index in [0.717, 1.165) is 17.4 Å². The fraction of sp³-hybridized carbons (Fsp3) is 0.200. The Balaban J connectivity index is 1.86. The Morgan fingerprint density at radius 3 is 2.61 bits per heavy atom. The van der Waals surface area contributed by atoms with Crippen LogP contribution in [0.2, 0.25) is 0 Å². The second-order valence-electron chi connectivity index (χ2n) is 7.08. The summed E-state index contributed by atoms with van der Waals surface area (Å²) in [4.78, 5) is 8.45. The molecule has 3 aromatic rings. The molecule has 0 amide bonds. The van der Waals surface area contributed by atoms with Crippen molar-refractivity contribution < 1.29 is 30.4 Å². The third-order valence-electron chi connectivity index (χ3n) is 4.99. The molecule has 0 saturated carbocycles. The lowest BCUT2D eigenvalue weighted by molar-refractivity contribution is -0.242. The van der Waals surface area contributed by atoms with Crippen molar-refractivity contribution in [2.75, 3.05) is 0 Å². The van der Waals surface area contributed by atoms with Gasteiger partial charge in [0.25, 0.3) is 6.43 Å². The Kier molecular flexibility index (Phi) is 5.63. The second-order valence-corrected chi connectivity index (χ2v) is 9.95. The zero-order valence-electron chi connectivity index (χ0n) is 16.3. The number of hydrogen-bond acceptors (Lipinski definition) is 5. The van der Waals surface area contributed by atoms with E-state index in [1.165, 1.54) is 29.1 Å². The molecule has 0 radical (unpaired) electrons. The summed E-state index contributed by atoms with van der Waals surface area (Å²) in [5, 5.41) is 5.07. The zero-order chi connectivity index (χ0) is 24.0. The number of allylic oxidation sites excluding steroid dienone is 4. The zero-order valence-corrected chi connectivity index (χ0v) is 18.0. The predicted octanol–water partition coefficient (Wildman–Crippen LogP) is 4.02. The van der Waals surface area contributed by atoms with Gasteiger partial charge >= 0.3 is 6.18 Å². The van der Waals surface area contributed by atoms with Gasteiger partial charge in [0.2, 0.25) is 10.0 Å². The molecule has 0 bridgehead atoms. The minimum Gasteiger partial charge on any atom is -0.290 e. The summed E-state index contributed by atoms with van der Waals surface area (Å²) < 4.78 is 93.0. The average molecular weight is 500 g/mol. The van der Waals surface area contributed by atoms with Gasteiger partial charge in [0.1, 0.15) is 21.6 Å². The maximum Gasteiger partial charge on any atom is 0.403 e. The number of alkyl halides is 5. The van der Waals surface area contributed by atoms with Crippen LogP contribution in [0.1, 0.15) is 17.0 Å². The highest BCUT2D eigenvalue weighted by Crippen LogP contribution is 2.52. The van der Waals surface area contributed by atoms with Gasteiger partial charge in [0, 0.05) is 23.5 Å². The molecule has 172 valence electrons. The number of thiophene rings is 1. The quantitative estimate of drug-likeness (QED) is 0.435. The minimum atomic E-state index is -5.23. The first-order valence-electron chi connectivity index (χ1n) is 9.13. The van der Waals surface area contributed by atoms with Crippen molar-refractivity contribution in [1.29, 1.82) is 0 Å². The van der Waals surface area contributed by atoms with Gasteiger partial charge in [-0.15, -0.1) is 11.3 Å². The Morgan fingerprint density at radius 2 is 1.97 bits per heavy atom. The molecule has 3 aromatic heterocycles. The predicted molar refractivity (Wildman–Crippen MR) is 111 cm³/mol. The highest BCUT2D eigenvalue weighted by atomic mass is 32.2. The molecule has 33 heavy (non-hydrogen) atoms. The Hall–Kier alpha value is -3.08. The Bertz CT molecular complexity index is 1460. The molecule has 1 aliphatic rings. The third kappa shape index (κ3) is 4.17. The Labute approximate surface area is 188 Å². The fourth-order valence-electron chi connectivity index (χ4n) is 3.26. The highest BCUT2D eigenvalue weighted by molar-refractivity contribution is 7.91. The number of aromatic nitrogens is 3. The first kappa shape index (κ1) is 23.1. The van der Waals surface area contributed by atoms with Gasteiger partial charge in [-0.05, 0) is 24.6 Å². The average Bonchev–Trinajstić information content (AvgIpc) is 3.38. The molecule has 0 aromatic carbocycles. The number of sulfonamides is 1. The molecule has 1 aliphatic carbocycles. The number of nitrogens with zero attached hydrogens (tertiary/aromatic N) is 3. The largest absolute Gasteiger partial charge is 0.403 e. The first-order valence-corrected chi connectivity index (χ1v) is 11.5. The van der Waals surface area contributed by atoms with Crippen molar-refractivity contribution in [2.45, 2.75) is 23.2 Å². The molecule has 4 rings (SSSR count). The van der Waals surface area contributed by atoms with Crippen LogP contribution < -0.4 is 5.14 Å². The molecule has 6 nitrogen and oxygen atoms in total. The van der Waals surface area contributed by atoms with Gasteiger partial charge in [-0.3, -0.25) is 4.40 Å². The fourth-order valence-corrected chi connectivity index (χ4v) is 4.84. The van der Waals surface area contributed by atoms with Crippen LogP contribution in [0.15, 0.2) is 58.9 Å². The van der Waals surface area contributed by atoms with E-state index in [0.29, 0.717) is 6.08 Å². The maximum atomic E-state index is 13.8. The van der Waals surface area contributed by atoms with E-state index < -0.39 is 34.5 Å². The van der Waals surface area contributed by atoms with Crippen molar-refractivity contribution in [3.63, 3.8) is 0 Å². The van der Waals surface area contributed by atoms with E-state index in [-0.39, 0.29) is 31.6 Å². The molecule has 13 heteroatoms. The summed E-state index contributed by atoms with van der Waals surface area (Å²) >= 11 is 0.773. The summed E-state index contributed by atoms with van der Waals surface area (Å²) in [6.45, 7) is 0. The molecule has 1 unspecified atom stereocenters. The van der Waals surface area contributed by atoms with Crippen LogP contribution in [-0.2, 0) is 10.0 Å². The van der Waals surface area contributed by atoms with E-state index in [1.54, 1.807) is 12.3 Å². The number of nitrogens with two attached hydrogens (primary N) is 1.